The third-order valence-electron chi connectivity index (χ3n) is 6.21. The molecule has 2 aliphatic rings. The number of carbonyl (C=O) groups excluding carboxylic acids is 1. The smallest absolute Gasteiger partial charge is 0.339 e. The van der Waals surface area contributed by atoms with E-state index in [0.717, 1.165) is 23.0 Å². The molecule has 35 heavy (non-hydrogen) atoms. The summed E-state index contributed by atoms with van der Waals surface area (Å²) < 4.78 is 29.0. The van der Waals surface area contributed by atoms with E-state index < -0.39 is 16.1 Å². The minimum atomic E-state index is -4.21. The van der Waals surface area contributed by atoms with Gasteiger partial charge in [-0.25, -0.2) is 17.5 Å². The summed E-state index contributed by atoms with van der Waals surface area (Å²) in [5.41, 5.74) is 2.21. The summed E-state index contributed by atoms with van der Waals surface area (Å²) in [6.45, 7) is 2.71. The van der Waals surface area contributed by atoms with Crippen LogP contribution in [-0.2, 0) is 23.1 Å². The van der Waals surface area contributed by atoms with Gasteiger partial charge in [-0.15, -0.1) is 0 Å². The maximum Gasteiger partial charge on any atom is 0.339 e. The normalized spacial score (nSPS) is 17.4. The molecule has 0 unspecified atom stereocenters. The van der Waals surface area contributed by atoms with Crippen molar-refractivity contribution in [2.45, 2.75) is 18.0 Å². The van der Waals surface area contributed by atoms with E-state index >= 15 is 0 Å². The number of anilines is 2. The van der Waals surface area contributed by atoms with Crippen molar-refractivity contribution in [1.82, 2.24) is 9.62 Å². The number of fused-ring (bicyclic) bond motifs is 1. The van der Waals surface area contributed by atoms with Gasteiger partial charge in [0.1, 0.15) is 4.90 Å². The minimum Gasteiger partial charge on any atom is -0.368 e. The number of piperazine rings is 1. The predicted molar refractivity (Wildman–Crippen MR) is 139 cm³/mol. The number of amides is 2. The molecular formula is C25H24Cl2N4O3S. The standard InChI is InChI=1S/C25H24Cl2N4O3S/c26-20-14-22(29-12-10-28-11-13-29)24-23(15-20)30(16-18-6-2-1-3-7-18)25(32)31(35(24,33)34)17-19-8-4-5-9-21(19)27/h1-9,14-15,28H,10-13,16-17H2. The molecule has 0 aromatic heterocycles. The fraction of sp³-hybridized carbons (Fsp3) is 0.240. The van der Waals surface area contributed by atoms with Gasteiger partial charge in [0.15, 0.2) is 0 Å². The zero-order chi connectivity index (χ0) is 24.6. The molecule has 182 valence electrons. The highest BCUT2D eigenvalue weighted by Gasteiger charge is 2.44. The summed E-state index contributed by atoms with van der Waals surface area (Å²) in [6, 6.07) is 19.0. The summed E-state index contributed by atoms with van der Waals surface area (Å²) in [4.78, 5) is 17.4. The van der Waals surface area contributed by atoms with Crippen molar-refractivity contribution >= 4 is 50.6 Å². The number of benzene rings is 3. The molecule has 3 aromatic carbocycles. The molecule has 2 aliphatic heterocycles. The van der Waals surface area contributed by atoms with Gasteiger partial charge >= 0.3 is 6.03 Å². The molecule has 3 aromatic rings. The molecule has 0 aliphatic carbocycles. The van der Waals surface area contributed by atoms with Crippen LogP contribution in [0, 0.1) is 0 Å². The topological polar surface area (TPSA) is 73.0 Å². The fourth-order valence-corrected chi connectivity index (χ4v) is 6.60. The van der Waals surface area contributed by atoms with Gasteiger partial charge < -0.3 is 10.2 Å². The first kappa shape index (κ1) is 23.9. The third kappa shape index (κ3) is 4.59. The van der Waals surface area contributed by atoms with Crippen molar-refractivity contribution < 1.29 is 13.2 Å². The number of sulfonamides is 1. The van der Waals surface area contributed by atoms with Gasteiger partial charge in [0.05, 0.1) is 24.5 Å². The van der Waals surface area contributed by atoms with E-state index in [4.69, 9.17) is 23.2 Å². The highest BCUT2D eigenvalue weighted by molar-refractivity contribution is 7.90. The van der Waals surface area contributed by atoms with Crippen LogP contribution in [0.1, 0.15) is 11.1 Å². The number of halogens is 2. The maximum atomic E-state index is 14.1. The molecule has 1 saturated heterocycles. The summed E-state index contributed by atoms with van der Waals surface area (Å²) in [6.07, 6.45) is 0. The van der Waals surface area contributed by atoms with Crippen LogP contribution >= 0.6 is 23.2 Å². The lowest BCUT2D eigenvalue weighted by atomic mass is 10.1. The van der Waals surface area contributed by atoms with Crippen LogP contribution in [-0.4, -0.2) is 44.9 Å². The van der Waals surface area contributed by atoms with Gasteiger partial charge in [0.25, 0.3) is 10.0 Å². The lowest BCUT2D eigenvalue weighted by Crippen LogP contribution is -2.51. The maximum absolute atomic E-state index is 14.1. The Labute approximate surface area is 214 Å². The van der Waals surface area contributed by atoms with Crippen LogP contribution in [0.2, 0.25) is 10.0 Å². The third-order valence-corrected chi connectivity index (χ3v) is 8.60. The molecule has 0 radical (unpaired) electrons. The van der Waals surface area contributed by atoms with Crippen LogP contribution in [0.3, 0.4) is 0 Å². The quantitative estimate of drug-likeness (QED) is 0.516. The van der Waals surface area contributed by atoms with Crippen LogP contribution in [0.15, 0.2) is 71.6 Å². The number of nitrogens with one attached hydrogen (secondary N) is 1. The summed E-state index contributed by atoms with van der Waals surface area (Å²) in [7, 11) is -4.21. The van der Waals surface area contributed by atoms with E-state index in [1.54, 1.807) is 36.4 Å². The predicted octanol–water partition coefficient (Wildman–Crippen LogP) is 4.73. The summed E-state index contributed by atoms with van der Waals surface area (Å²) in [5.74, 6) is 0. The first-order valence-corrected chi connectivity index (χ1v) is 13.5. The van der Waals surface area contributed by atoms with Gasteiger partial charge in [-0.2, -0.15) is 0 Å². The Hall–Kier alpha value is -2.78. The van der Waals surface area contributed by atoms with Gasteiger partial charge in [-0.05, 0) is 29.3 Å². The van der Waals surface area contributed by atoms with Crippen molar-refractivity contribution in [2.75, 3.05) is 36.0 Å². The number of carbonyl (C=O) groups is 1. The molecule has 1 fully saturated rings. The second-order valence-corrected chi connectivity index (χ2v) is 11.1. The Morgan fingerprint density at radius 3 is 2.23 bits per heavy atom. The van der Waals surface area contributed by atoms with Crippen molar-refractivity contribution in [3.8, 4) is 0 Å². The molecule has 0 atom stereocenters. The molecule has 10 heteroatoms. The van der Waals surface area contributed by atoms with Gasteiger partial charge in [-0.1, -0.05) is 71.7 Å². The van der Waals surface area contributed by atoms with Crippen molar-refractivity contribution in [2.24, 2.45) is 0 Å². The lowest BCUT2D eigenvalue weighted by molar-refractivity contribution is 0.226. The Balaban J connectivity index is 1.68. The average Bonchev–Trinajstić information content (AvgIpc) is 2.86. The fourth-order valence-electron chi connectivity index (χ4n) is 4.47. The lowest BCUT2D eigenvalue weighted by Gasteiger charge is -2.40. The molecular weight excluding hydrogens is 507 g/mol. The molecule has 1 N–H and O–H groups in total. The number of hydrogen-bond acceptors (Lipinski definition) is 5. The monoisotopic (exact) mass is 530 g/mol. The zero-order valence-electron chi connectivity index (χ0n) is 18.8. The highest BCUT2D eigenvalue weighted by atomic mass is 35.5. The van der Waals surface area contributed by atoms with Gasteiger partial charge in [0.2, 0.25) is 0 Å². The van der Waals surface area contributed by atoms with E-state index in [1.807, 2.05) is 35.2 Å². The molecule has 0 bridgehead atoms. The van der Waals surface area contributed by atoms with Gasteiger partial charge in [0, 0.05) is 36.2 Å². The van der Waals surface area contributed by atoms with E-state index in [0.29, 0.717) is 34.4 Å². The van der Waals surface area contributed by atoms with Crippen molar-refractivity contribution in [3.63, 3.8) is 0 Å². The molecule has 0 spiro atoms. The number of hydrogen-bond donors (Lipinski definition) is 1. The SMILES string of the molecule is O=C1N(Cc2ccccc2)c2cc(Cl)cc(N3CCNCC3)c2S(=O)(=O)N1Cc1ccccc1Cl. The highest BCUT2D eigenvalue weighted by Crippen LogP contribution is 2.44. The van der Waals surface area contributed by atoms with E-state index in [9.17, 15) is 13.2 Å². The Morgan fingerprint density at radius 1 is 0.857 bits per heavy atom. The van der Waals surface area contributed by atoms with E-state index in [-0.39, 0.29) is 23.7 Å². The van der Waals surface area contributed by atoms with Crippen molar-refractivity contribution in [1.29, 1.82) is 0 Å². The van der Waals surface area contributed by atoms with E-state index in [2.05, 4.69) is 5.32 Å². The molecule has 2 heterocycles. The minimum absolute atomic E-state index is 0.0892. The van der Waals surface area contributed by atoms with Crippen LogP contribution in [0.4, 0.5) is 16.2 Å². The van der Waals surface area contributed by atoms with Crippen molar-refractivity contribution in [3.05, 3.63) is 87.9 Å². The largest absolute Gasteiger partial charge is 0.368 e. The molecule has 5 rings (SSSR count). The number of rotatable bonds is 5. The molecule has 2 amide bonds. The Kier molecular flexibility index (Phi) is 6.63. The van der Waals surface area contributed by atoms with Crippen LogP contribution < -0.4 is 15.1 Å². The number of urea groups is 1. The summed E-state index contributed by atoms with van der Waals surface area (Å²) >= 11 is 12.8. The van der Waals surface area contributed by atoms with Crippen LogP contribution in [0.5, 0.6) is 0 Å². The second-order valence-electron chi connectivity index (χ2n) is 8.47. The van der Waals surface area contributed by atoms with Crippen LogP contribution in [0.25, 0.3) is 0 Å². The second kappa shape index (κ2) is 9.70. The zero-order valence-corrected chi connectivity index (χ0v) is 21.2. The first-order chi connectivity index (χ1) is 16.9. The number of nitrogens with zero attached hydrogens (tertiary/aromatic N) is 3. The molecule has 7 nitrogen and oxygen atoms in total. The van der Waals surface area contributed by atoms with E-state index in [1.165, 1.54) is 4.90 Å². The van der Waals surface area contributed by atoms with Gasteiger partial charge in [-0.3, -0.25) is 4.90 Å². The summed E-state index contributed by atoms with van der Waals surface area (Å²) in [5, 5.41) is 4.05. The Morgan fingerprint density at radius 2 is 1.51 bits per heavy atom. The molecule has 0 saturated carbocycles. The Bertz CT molecular complexity index is 1360. The first-order valence-electron chi connectivity index (χ1n) is 11.3. The average molecular weight is 531 g/mol.